The topological polar surface area (TPSA) is 66.6 Å². The molecule has 192 valence electrons. The standard InChI is InChI=1S/C28H38N6O2/c1-30(2)19-20-33-25-5-3-4-6-26(25)34(28(33)36)24-11-17-32(18-12-24)27(35)23-9-15-31(16-10-23)21-22-7-13-29-14-8-22/h3-8,13-14,23-24H,9-12,15-21H2,1-2H3. The Kier molecular flexibility index (Phi) is 7.53. The van der Waals surface area contributed by atoms with Gasteiger partial charge in [0.1, 0.15) is 0 Å². The average Bonchev–Trinajstić information content (AvgIpc) is 3.19. The van der Waals surface area contributed by atoms with Crippen molar-refractivity contribution in [3.05, 3.63) is 64.8 Å². The fourth-order valence-corrected chi connectivity index (χ4v) is 5.79. The van der Waals surface area contributed by atoms with Crippen molar-refractivity contribution < 1.29 is 4.79 Å². The van der Waals surface area contributed by atoms with E-state index in [0.717, 1.165) is 76.0 Å². The number of likely N-dealkylation sites (N-methyl/N-ethyl adjacent to an activating group) is 1. The Balaban J connectivity index is 1.19. The molecule has 8 heteroatoms. The van der Waals surface area contributed by atoms with Gasteiger partial charge < -0.3 is 9.80 Å². The highest BCUT2D eigenvalue weighted by Gasteiger charge is 2.32. The fraction of sp³-hybridized carbons (Fsp3) is 0.536. The zero-order valence-electron chi connectivity index (χ0n) is 21.6. The Hall–Kier alpha value is -2.97. The molecule has 0 atom stereocenters. The second-order valence-electron chi connectivity index (χ2n) is 10.6. The van der Waals surface area contributed by atoms with E-state index in [4.69, 9.17) is 0 Å². The van der Waals surface area contributed by atoms with Gasteiger partial charge in [-0.05, 0) is 82.7 Å². The number of carbonyl (C=O) groups is 1. The van der Waals surface area contributed by atoms with Gasteiger partial charge in [0.15, 0.2) is 0 Å². The van der Waals surface area contributed by atoms with Crippen LogP contribution in [0.25, 0.3) is 11.0 Å². The van der Waals surface area contributed by atoms with Crippen molar-refractivity contribution in [1.29, 1.82) is 0 Å². The molecule has 0 N–H and O–H groups in total. The third kappa shape index (κ3) is 5.25. The summed E-state index contributed by atoms with van der Waals surface area (Å²) in [5.41, 5.74) is 3.36. The van der Waals surface area contributed by atoms with Crippen LogP contribution in [0.4, 0.5) is 0 Å². The Morgan fingerprint density at radius 3 is 2.28 bits per heavy atom. The van der Waals surface area contributed by atoms with Gasteiger partial charge in [-0.1, -0.05) is 12.1 Å². The highest BCUT2D eigenvalue weighted by molar-refractivity contribution is 5.79. The predicted octanol–water partition coefficient (Wildman–Crippen LogP) is 2.84. The number of amides is 1. The van der Waals surface area contributed by atoms with Gasteiger partial charge in [0.2, 0.25) is 5.91 Å². The molecule has 2 fully saturated rings. The van der Waals surface area contributed by atoms with E-state index >= 15 is 0 Å². The Bertz CT molecular complexity index is 1220. The largest absolute Gasteiger partial charge is 0.342 e. The van der Waals surface area contributed by atoms with Gasteiger partial charge in [-0.3, -0.25) is 23.8 Å². The molecular formula is C28H38N6O2. The molecule has 8 nitrogen and oxygen atoms in total. The number of aromatic nitrogens is 3. The number of rotatable bonds is 7. The minimum Gasteiger partial charge on any atom is -0.342 e. The van der Waals surface area contributed by atoms with E-state index in [1.54, 1.807) is 0 Å². The summed E-state index contributed by atoms with van der Waals surface area (Å²) in [4.78, 5) is 37.4. The molecule has 0 unspecified atom stereocenters. The number of hydrogen-bond donors (Lipinski definition) is 0. The molecule has 5 rings (SSSR count). The van der Waals surface area contributed by atoms with Crippen LogP contribution in [0.1, 0.15) is 37.3 Å². The van der Waals surface area contributed by atoms with E-state index in [1.165, 1.54) is 5.56 Å². The van der Waals surface area contributed by atoms with Crippen LogP contribution in [0.15, 0.2) is 53.6 Å². The summed E-state index contributed by atoms with van der Waals surface area (Å²) < 4.78 is 3.90. The first-order valence-corrected chi connectivity index (χ1v) is 13.3. The number of hydrogen-bond acceptors (Lipinski definition) is 5. The van der Waals surface area contributed by atoms with E-state index < -0.39 is 0 Å². The number of fused-ring (bicyclic) bond motifs is 1. The molecule has 0 spiro atoms. The molecule has 3 aromatic rings. The quantitative estimate of drug-likeness (QED) is 0.510. The second kappa shape index (κ2) is 11.0. The highest BCUT2D eigenvalue weighted by Crippen LogP contribution is 2.28. The van der Waals surface area contributed by atoms with E-state index in [2.05, 4.69) is 37.9 Å². The van der Waals surface area contributed by atoms with E-state index in [-0.39, 0.29) is 17.6 Å². The minimum atomic E-state index is 0.0735. The molecule has 0 saturated carbocycles. The molecule has 36 heavy (non-hydrogen) atoms. The van der Waals surface area contributed by atoms with Gasteiger partial charge in [-0.15, -0.1) is 0 Å². The SMILES string of the molecule is CN(C)CCn1c(=O)n(C2CCN(C(=O)C3CCN(Cc4ccncc4)CC3)CC2)c2ccccc21. The lowest BCUT2D eigenvalue weighted by Crippen LogP contribution is -2.46. The van der Waals surface area contributed by atoms with Crippen molar-refractivity contribution in [3.8, 4) is 0 Å². The van der Waals surface area contributed by atoms with Crippen LogP contribution in [0.3, 0.4) is 0 Å². The van der Waals surface area contributed by atoms with Crippen LogP contribution in [0.2, 0.25) is 0 Å². The Morgan fingerprint density at radius 2 is 1.61 bits per heavy atom. The summed E-state index contributed by atoms with van der Waals surface area (Å²) in [5, 5.41) is 0. The molecule has 1 aromatic carbocycles. The van der Waals surface area contributed by atoms with Crippen molar-refractivity contribution in [2.24, 2.45) is 5.92 Å². The maximum Gasteiger partial charge on any atom is 0.329 e. The third-order valence-electron chi connectivity index (χ3n) is 7.87. The number of carbonyl (C=O) groups excluding carboxylic acids is 1. The molecule has 2 aliphatic heterocycles. The Morgan fingerprint density at radius 1 is 0.944 bits per heavy atom. The van der Waals surface area contributed by atoms with E-state index in [0.29, 0.717) is 12.5 Å². The second-order valence-corrected chi connectivity index (χ2v) is 10.6. The molecule has 0 bridgehead atoms. The normalized spacial score (nSPS) is 18.4. The van der Waals surface area contributed by atoms with Crippen molar-refractivity contribution in [2.75, 3.05) is 46.8 Å². The zero-order valence-corrected chi connectivity index (χ0v) is 21.6. The number of imidazole rings is 1. The predicted molar refractivity (Wildman–Crippen MR) is 142 cm³/mol. The minimum absolute atomic E-state index is 0.0735. The van der Waals surface area contributed by atoms with Crippen molar-refractivity contribution in [1.82, 2.24) is 28.8 Å². The number of likely N-dealkylation sites (tertiary alicyclic amines) is 2. The summed E-state index contributed by atoms with van der Waals surface area (Å²) in [6, 6.07) is 12.4. The summed E-state index contributed by atoms with van der Waals surface area (Å²) in [6.07, 6.45) is 7.17. The molecule has 2 saturated heterocycles. The highest BCUT2D eigenvalue weighted by atomic mass is 16.2. The third-order valence-corrected chi connectivity index (χ3v) is 7.87. The molecule has 4 heterocycles. The van der Waals surface area contributed by atoms with Gasteiger partial charge in [-0.25, -0.2) is 4.79 Å². The first-order chi connectivity index (χ1) is 17.5. The molecule has 0 radical (unpaired) electrons. The van der Waals surface area contributed by atoms with E-state index in [9.17, 15) is 9.59 Å². The van der Waals surface area contributed by atoms with Gasteiger partial charge in [0, 0.05) is 57.1 Å². The van der Waals surface area contributed by atoms with Crippen LogP contribution in [0.5, 0.6) is 0 Å². The van der Waals surface area contributed by atoms with Crippen LogP contribution < -0.4 is 5.69 Å². The number of benzene rings is 1. The summed E-state index contributed by atoms with van der Waals surface area (Å²) in [5.74, 6) is 0.420. The molecule has 1 amide bonds. The molecular weight excluding hydrogens is 452 g/mol. The smallest absolute Gasteiger partial charge is 0.329 e. The number of piperidine rings is 2. The summed E-state index contributed by atoms with van der Waals surface area (Å²) >= 11 is 0. The fourth-order valence-electron chi connectivity index (χ4n) is 5.79. The van der Waals surface area contributed by atoms with Gasteiger partial charge in [-0.2, -0.15) is 0 Å². The maximum absolute atomic E-state index is 13.4. The monoisotopic (exact) mass is 490 g/mol. The van der Waals surface area contributed by atoms with Crippen LogP contribution in [-0.2, 0) is 17.9 Å². The van der Waals surface area contributed by atoms with Crippen molar-refractivity contribution in [2.45, 2.75) is 44.8 Å². The van der Waals surface area contributed by atoms with Gasteiger partial charge >= 0.3 is 5.69 Å². The van der Waals surface area contributed by atoms with Crippen molar-refractivity contribution in [3.63, 3.8) is 0 Å². The van der Waals surface area contributed by atoms with E-state index in [1.807, 2.05) is 53.8 Å². The number of para-hydroxylation sites is 2. The zero-order chi connectivity index (χ0) is 25.1. The van der Waals surface area contributed by atoms with Crippen molar-refractivity contribution >= 4 is 16.9 Å². The first-order valence-electron chi connectivity index (χ1n) is 13.3. The first kappa shape index (κ1) is 24.7. The van der Waals surface area contributed by atoms with Crippen LogP contribution in [-0.4, -0.2) is 81.5 Å². The molecule has 2 aromatic heterocycles. The summed E-state index contributed by atoms with van der Waals surface area (Å²) in [6.45, 7) is 5.79. The average molecular weight is 491 g/mol. The van der Waals surface area contributed by atoms with Crippen LogP contribution in [0, 0.1) is 5.92 Å². The molecule has 0 aliphatic carbocycles. The Labute approximate surface area is 213 Å². The lowest BCUT2D eigenvalue weighted by molar-refractivity contribution is -0.138. The lowest BCUT2D eigenvalue weighted by Gasteiger charge is -2.37. The van der Waals surface area contributed by atoms with Crippen LogP contribution >= 0.6 is 0 Å². The van der Waals surface area contributed by atoms with Gasteiger partial charge in [0.05, 0.1) is 11.0 Å². The number of nitrogens with zero attached hydrogens (tertiary/aromatic N) is 6. The molecule has 2 aliphatic rings. The van der Waals surface area contributed by atoms with Gasteiger partial charge in [0.25, 0.3) is 0 Å². The summed E-state index contributed by atoms with van der Waals surface area (Å²) in [7, 11) is 4.06. The maximum atomic E-state index is 13.4. The number of pyridine rings is 1. The lowest BCUT2D eigenvalue weighted by atomic mass is 9.93.